The van der Waals surface area contributed by atoms with Crippen molar-refractivity contribution in [2.45, 2.75) is 0 Å². The molecule has 60 valence electrons. The first kappa shape index (κ1) is 8.62. The minimum Gasteiger partial charge on any atom is -0.377 e. The van der Waals surface area contributed by atoms with Crippen LogP contribution >= 0.6 is 11.6 Å². The molecule has 0 aliphatic rings. The molecule has 0 spiro atoms. The normalized spacial score (nSPS) is 10.1. The lowest BCUT2D eigenvalue weighted by Crippen LogP contribution is -2.19. The highest BCUT2D eigenvalue weighted by atomic mass is 35.5. The summed E-state index contributed by atoms with van der Waals surface area (Å²) in [6, 6.07) is 6.05. The van der Waals surface area contributed by atoms with Gasteiger partial charge in [-0.05, 0) is 11.3 Å². The Hall–Kier alpha value is -0.473. The molecule has 0 amide bonds. The quantitative estimate of drug-likeness (QED) is 0.573. The smallest absolute Gasteiger partial charge is 0.0637 e. The molecule has 0 aromatic heterocycles. The standard InChI is InChI=1S/C8H12ClNSi/c1-10(2)8-6(9)4-3-5-7(8)11/h3-5H,1-2,11H3. The van der Waals surface area contributed by atoms with Gasteiger partial charge in [0.15, 0.2) is 0 Å². The van der Waals surface area contributed by atoms with Crippen LogP contribution in [-0.4, -0.2) is 24.3 Å². The van der Waals surface area contributed by atoms with Crippen LogP contribution in [0.5, 0.6) is 0 Å². The second-order valence-electron chi connectivity index (χ2n) is 2.80. The van der Waals surface area contributed by atoms with Crippen LogP contribution in [0.1, 0.15) is 0 Å². The van der Waals surface area contributed by atoms with E-state index in [0.717, 1.165) is 15.3 Å². The van der Waals surface area contributed by atoms with E-state index in [1.54, 1.807) is 0 Å². The maximum atomic E-state index is 6.01. The van der Waals surface area contributed by atoms with Crippen molar-refractivity contribution in [2.75, 3.05) is 19.0 Å². The average Bonchev–Trinajstić information content (AvgIpc) is 1.85. The number of para-hydroxylation sites is 1. The minimum absolute atomic E-state index is 0.850. The van der Waals surface area contributed by atoms with Gasteiger partial charge in [-0.1, -0.05) is 23.7 Å². The highest BCUT2D eigenvalue weighted by molar-refractivity contribution is 6.41. The molecular weight excluding hydrogens is 174 g/mol. The first-order chi connectivity index (χ1) is 5.13. The summed E-state index contributed by atoms with van der Waals surface area (Å²) in [7, 11) is 5.08. The zero-order chi connectivity index (χ0) is 8.43. The van der Waals surface area contributed by atoms with Gasteiger partial charge in [-0.25, -0.2) is 0 Å². The molecule has 11 heavy (non-hydrogen) atoms. The molecule has 0 radical (unpaired) electrons. The van der Waals surface area contributed by atoms with Crippen LogP contribution in [0.25, 0.3) is 0 Å². The summed E-state index contributed by atoms with van der Waals surface area (Å²) in [5.41, 5.74) is 1.17. The van der Waals surface area contributed by atoms with Crippen LogP contribution in [0, 0.1) is 0 Å². The second kappa shape index (κ2) is 3.28. The second-order valence-corrected chi connectivity index (χ2v) is 4.28. The Labute approximate surface area is 75.4 Å². The van der Waals surface area contributed by atoms with E-state index in [2.05, 4.69) is 11.0 Å². The Kier molecular flexibility index (Phi) is 2.57. The average molecular weight is 186 g/mol. The first-order valence-corrected chi connectivity index (χ1v) is 4.93. The van der Waals surface area contributed by atoms with Crippen molar-refractivity contribution < 1.29 is 0 Å². The van der Waals surface area contributed by atoms with E-state index in [1.807, 2.05) is 26.2 Å². The lowest BCUT2D eigenvalue weighted by molar-refractivity contribution is 1.14. The number of hydrogen-bond donors (Lipinski definition) is 0. The van der Waals surface area contributed by atoms with Crippen LogP contribution < -0.4 is 10.1 Å². The molecule has 1 aromatic rings. The van der Waals surface area contributed by atoms with E-state index < -0.39 is 0 Å². The Morgan fingerprint density at radius 1 is 1.36 bits per heavy atom. The monoisotopic (exact) mass is 185 g/mol. The van der Waals surface area contributed by atoms with Gasteiger partial charge in [-0.15, -0.1) is 0 Å². The summed E-state index contributed by atoms with van der Waals surface area (Å²) in [5.74, 6) is 0. The predicted octanol–water partition coefficient (Wildman–Crippen LogP) is 0.397. The maximum absolute atomic E-state index is 6.01. The van der Waals surface area contributed by atoms with Crippen LogP contribution in [0.3, 0.4) is 0 Å². The van der Waals surface area contributed by atoms with E-state index >= 15 is 0 Å². The van der Waals surface area contributed by atoms with Gasteiger partial charge < -0.3 is 4.90 Å². The van der Waals surface area contributed by atoms with Crippen LogP contribution in [0.2, 0.25) is 5.02 Å². The highest BCUT2D eigenvalue weighted by Crippen LogP contribution is 2.20. The Morgan fingerprint density at radius 3 is 2.36 bits per heavy atom. The SMILES string of the molecule is CN(C)c1c([SiH3])cccc1Cl. The molecule has 0 aliphatic heterocycles. The van der Waals surface area contributed by atoms with Crippen molar-refractivity contribution in [3.05, 3.63) is 23.2 Å². The molecular formula is C8H12ClNSi. The largest absolute Gasteiger partial charge is 0.377 e. The number of benzene rings is 1. The fourth-order valence-electron chi connectivity index (χ4n) is 1.19. The van der Waals surface area contributed by atoms with Gasteiger partial charge in [-0.3, -0.25) is 0 Å². The summed E-state index contributed by atoms with van der Waals surface area (Å²) >= 11 is 6.01. The van der Waals surface area contributed by atoms with Gasteiger partial charge in [0.05, 0.1) is 10.7 Å². The Balaban J connectivity index is 3.21. The van der Waals surface area contributed by atoms with Crippen LogP contribution in [0.4, 0.5) is 5.69 Å². The van der Waals surface area contributed by atoms with E-state index in [-0.39, 0.29) is 0 Å². The molecule has 3 heteroatoms. The van der Waals surface area contributed by atoms with Crippen molar-refractivity contribution >= 4 is 32.7 Å². The Morgan fingerprint density at radius 2 is 2.00 bits per heavy atom. The van der Waals surface area contributed by atoms with Crippen molar-refractivity contribution in [3.63, 3.8) is 0 Å². The van der Waals surface area contributed by atoms with Crippen molar-refractivity contribution in [1.29, 1.82) is 0 Å². The summed E-state index contributed by atoms with van der Waals surface area (Å²) in [5, 5.41) is 2.20. The summed E-state index contributed by atoms with van der Waals surface area (Å²) in [4.78, 5) is 2.06. The third kappa shape index (κ3) is 1.76. The van der Waals surface area contributed by atoms with Gasteiger partial charge in [0, 0.05) is 24.3 Å². The van der Waals surface area contributed by atoms with Crippen molar-refractivity contribution in [2.24, 2.45) is 0 Å². The molecule has 1 rings (SSSR count). The Bertz CT molecular complexity index is 240. The van der Waals surface area contributed by atoms with Crippen LogP contribution in [0.15, 0.2) is 18.2 Å². The van der Waals surface area contributed by atoms with E-state index in [0.29, 0.717) is 0 Å². The third-order valence-electron chi connectivity index (χ3n) is 1.64. The van der Waals surface area contributed by atoms with Crippen molar-refractivity contribution in [3.8, 4) is 0 Å². The van der Waals surface area contributed by atoms with E-state index in [4.69, 9.17) is 11.6 Å². The number of anilines is 1. The number of rotatable bonds is 1. The lowest BCUT2D eigenvalue weighted by atomic mass is 10.3. The number of hydrogen-bond acceptors (Lipinski definition) is 1. The van der Waals surface area contributed by atoms with Gasteiger partial charge in [-0.2, -0.15) is 0 Å². The van der Waals surface area contributed by atoms with E-state index in [1.165, 1.54) is 10.9 Å². The van der Waals surface area contributed by atoms with Gasteiger partial charge >= 0.3 is 0 Å². The topological polar surface area (TPSA) is 3.24 Å². The number of halogens is 1. The summed E-state index contributed by atoms with van der Waals surface area (Å²) < 4.78 is 0. The zero-order valence-corrected chi connectivity index (χ0v) is 9.81. The maximum Gasteiger partial charge on any atom is 0.0637 e. The molecule has 0 aliphatic carbocycles. The minimum atomic E-state index is 0.850. The first-order valence-electron chi connectivity index (χ1n) is 3.55. The fourth-order valence-corrected chi connectivity index (χ4v) is 2.65. The molecule has 0 unspecified atom stereocenters. The molecule has 0 atom stereocenters. The highest BCUT2D eigenvalue weighted by Gasteiger charge is 2.03. The molecule has 0 saturated carbocycles. The van der Waals surface area contributed by atoms with Crippen molar-refractivity contribution in [1.82, 2.24) is 0 Å². The summed E-state index contributed by atoms with van der Waals surface area (Å²) in [6.45, 7) is 0. The molecule has 1 aromatic carbocycles. The molecule has 0 saturated heterocycles. The molecule has 0 bridgehead atoms. The number of nitrogens with zero attached hydrogens (tertiary/aromatic N) is 1. The molecule has 0 N–H and O–H groups in total. The summed E-state index contributed by atoms with van der Waals surface area (Å²) in [6.07, 6.45) is 0. The lowest BCUT2D eigenvalue weighted by Gasteiger charge is -2.16. The van der Waals surface area contributed by atoms with E-state index in [9.17, 15) is 0 Å². The molecule has 0 fully saturated rings. The van der Waals surface area contributed by atoms with Gasteiger partial charge in [0.25, 0.3) is 0 Å². The molecule has 1 nitrogen and oxygen atoms in total. The third-order valence-corrected chi connectivity index (χ3v) is 2.75. The van der Waals surface area contributed by atoms with Gasteiger partial charge in [0.2, 0.25) is 0 Å². The van der Waals surface area contributed by atoms with Gasteiger partial charge in [0.1, 0.15) is 0 Å². The predicted molar refractivity (Wildman–Crippen MR) is 55.4 cm³/mol. The molecule has 0 heterocycles. The fraction of sp³-hybridized carbons (Fsp3) is 0.250. The zero-order valence-electron chi connectivity index (χ0n) is 7.06. The van der Waals surface area contributed by atoms with Crippen LogP contribution in [-0.2, 0) is 0 Å².